The zero-order valence-corrected chi connectivity index (χ0v) is 16.5. The second-order valence-corrected chi connectivity index (χ2v) is 6.32. The molecule has 0 aliphatic heterocycles. The SMILES string of the molecule is CCOc1ccc(NC(=O)N/N=C/c2ccc(-c3ccc(C(=O)O)cc3C)o2)cc1. The Morgan fingerprint density at radius 3 is 2.57 bits per heavy atom. The molecule has 0 saturated heterocycles. The molecule has 154 valence electrons. The van der Waals surface area contributed by atoms with Gasteiger partial charge in [0.05, 0.1) is 18.4 Å². The summed E-state index contributed by atoms with van der Waals surface area (Å²) in [7, 11) is 0. The van der Waals surface area contributed by atoms with Gasteiger partial charge in [-0.15, -0.1) is 0 Å². The van der Waals surface area contributed by atoms with Gasteiger partial charge in [-0.3, -0.25) is 0 Å². The molecule has 0 aliphatic carbocycles. The largest absolute Gasteiger partial charge is 0.494 e. The summed E-state index contributed by atoms with van der Waals surface area (Å²) in [6.45, 7) is 4.28. The van der Waals surface area contributed by atoms with Crippen LogP contribution in [-0.2, 0) is 0 Å². The molecule has 8 nitrogen and oxygen atoms in total. The van der Waals surface area contributed by atoms with Gasteiger partial charge in [-0.1, -0.05) is 6.07 Å². The number of nitrogens with zero attached hydrogens (tertiary/aromatic N) is 1. The Labute approximate surface area is 173 Å². The van der Waals surface area contributed by atoms with Crippen LogP contribution in [0.25, 0.3) is 11.3 Å². The fourth-order valence-corrected chi connectivity index (χ4v) is 2.75. The lowest BCUT2D eigenvalue weighted by atomic mass is 10.0. The predicted molar refractivity (Wildman–Crippen MR) is 113 cm³/mol. The van der Waals surface area contributed by atoms with Gasteiger partial charge in [-0.05, 0) is 67.9 Å². The second kappa shape index (κ2) is 9.42. The van der Waals surface area contributed by atoms with Gasteiger partial charge in [-0.25, -0.2) is 15.0 Å². The average Bonchev–Trinajstić information content (AvgIpc) is 3.18. The third-order valence-electron chi connectivity index (χ3n) is 4.15. The number of anilines is 1. The third kappa shape index (κ3) is 5.26. The number of urea groups is 1. The van der Waals surface area contributed by atoms with Crippen molar-refractivity contribution in [2.75, 3.05) is 11.9 Å². The highest BCUT2D eigenvalue weighted by molar-refractivity contribution is 5.90. The van der Waals surface area contributed by atoms with E-state index in [2.05, 4.69) is 15.8 Å². The molecule has 3 rings (SSSR count). The second-order valence-electron chi connectivity index (χ2n) is 6.32. The van der Waals surface area contributed by atoms with Crippen molar-refractivity contribution in [2.24, 2.45) is 5.10 Å². The maximum absolute atomic E-state index is 11.9. The van der Waals surface area contributed by atoms with Gasteiger partial charge in [0.25, 0.3) is 0 Å². The number of benzene rings is 2. The van der Waals surface area contributed by atoms with Crippen molar-refractivity contribution >= 4 is 23.9 Å². The molecular formula is C22H21N3O5. The summed E-state index contributed by atoms with van der Waals surface area (Å²) >= 11 is 0. The van der Waals surface area contributed by atoms with E-state index in [0.29, 0.717) is 23.8 Å². The summed E-state index contributed by atoms with van der Waals surface area (Å²) in [6, 6.07) is 14.7. The van der Waals surface area contributed by atoms with E-state index in [4.69, 9.17) is 14.3 Å². The summed E-state index contributed by atoms with van der Waals surface area (Å²) < 4.78 is 11.1. The molecule has 3 N–H and O–H groups in total. The molecule has 30 heavy (non-hydrogen) atoms. The number of aryl methyl sites for hydroxylation is 1. The first-order chi connectivity index (χ1) is 14.5. The summed E-state index contributed by atoms with van der Waals surface area (Å²) in [4.78, 5) is 23.0. The fourth-order valence-electron chi connectivity index (χ4n) is 2.75. The van der Waals surface area contributed by atoms with Crippen molar-refractivity contribution in [1.82, 2.24) is 5.43 Å². The third-order valence-corrected chi connectivity index (χ3v) is 4.15. The molecule has 8 heteroatoms. The smallest absolute Gasteiger partial charge is 0.339 e. The zero-order chi connectivity index (χ0) is 21.5. The highest BCUT2D eigenvalue weighted by Crippen LogP contribution is 2.26. The van der Waals surface area contributed by atoms with Crippen LogP contribution in [0.3, 0.4) is 0 Å². The number of amides is 2. The standard InChI is InChI=1S/C22H21N3O5/c1-3-29-17-7-5-16(6-8-17)24-22(28)25-23-13-18-9-11-20(30-18)19-10-4-15(21(26)27)12-14(19)2/h4-13H,3H2,1-2H3,(H,26,27)(H2,24,25,28)/b23-13+. The molecule has 0 saturated carbocycles. The van der Waals surface area contributed by atoms with E-state index < -0.39 is 12.0 Å². The van der Waals surface area contributed by atoms with Gasteiger partial charge in [0, 0.05) is 11.3 Å². The molecule has 0 radical (unpaired) electrons. The van der Waals surface area contributed by atoms with Crippen molar-refractivity contribution in [2.45, 2.75) is 13.8 Å². The summed E-state index contributed by atoms with van der Waals surface area (Å²) in [5.74, 6) is 0.757. The lowest BCUT2D eigenvalue weighted by Gasteiger charge is -2.06. The first-order valence-corrected chi connectivity index (χ1v) is 9.23. The van der Waals surface area contributed by atoms with Gasteiger partial charge in [0.15, 0.2) is 0 Å². The number of nitrogens with one attached hydrogen (secondary N) is 2. The molecule has 2 amide bonds. The van der Waals surface area contributed by atoms with Crippen molar-refractivity contribution in [1.29, 1.82) is 0 Å². The Morgan fingerprint density at radius 1 is 1.13 bits per heavy atom. The maximum atomic E-state index is 11.9. The molecule has 0 unspecified atom stereocenters. The van der Waals surface area contributed by atoms with Crippen LogP contribution >= 0.6 is 0 Å². The first kappa shape index (κ1) is 20.7. The number of hydrogen-bond donors (Lipinski definition) is 3. The Morgan fingerprint density at radius 2 is 1.90 bits per heavy atom. The molecular weight excluding hydrogens is 386 g/mol. The van der Waals surface area contributed by atoms with E-state index in [1.165, 1.54) is 12.3 Å². The quantitative estimate of drug-likeness (QED) is 0.394. The van der Waals surface area contributed by atoms with Crippen molar-refractivity contribution in [3.63, 3.8) is 0 Å². The van der Waals surface area contributed by atoms with Gasteiger partial charge < -0.3 is 19.6 Å². The van der Waals surface area contributed by atoms with Crippen molar-refractivity contribution < 1.29 is 23.8 Å². The highest BCUT2D eigenvalue weighted by atomic mass is 16.5. The number of aromatic carboxylic acids is 1. The first-order valence-electron chi connectivity index (χ1n) is 9.23. The minimum Gasteiger partial charge on any atom is -0.494 e. The Balaban J connectivity index is 1.58. The van der Waals surface area contributed by atoms with Gasteiger partial charge in [-0.2, -0.15) is 5.10 Å². The zero-order valence-electron chi connectivity index (χ0n) is 16.5. The van der Waals surface area contributed by atoms with Crippen LogP contribution in [0.15, 0.2) is 64.1 Å². The molecule has 3 aromatic rings. The summed E-state index contributed by atoms with van der Waals surface area (Å²) in [5, 5.41) is 15.6. The van der Waals surface area contributed by atoms with Crippen molar-refractivity contribution in [3.8, 4) is 17.1 Å². The van der Waals surface area contributed by atoms with Crippen LogP contribution in [0.2, 0.25) is 0 Å². The predicted octanol–water partition coefficient (Wildman–Crippen LogP) is 4.51. The number of rotatable bonds is 7. The number of furan rings is 1. The van der Waals surface area contributed by atoms with E-state index >= 15 is 0 Å². The number of hydrogen-bond acceptors (Lipinski definition) is 5. The molecule has 0 atom stereocenters. The van der Waals surface area contributed by atoms with Gasteiger partial charge in [0.1, 0.15) is 17.3 Å². The van der Waals surface area contributed by atoms with Crippen molar-refractivity contribution in [3.05, 3.63) is 71.5 Å². The minimum atomic E-state index is -0.980. The average molecular weight is 407 g/mol. The molecule has 1 aromatic heterocycles. The lowest BCUT2D eigenvalue weighted by molar-refractivity contribution is 0.0696. The maximum Gasteiger partial charge on any atom is 0.339 e. The fraction of sp³-hybridized carbons (Fsp3) is 0.136. The van der Waals surface area contributed by atoms with Gasteiger partial charge in [0.2, 0.25) is 0 Å². The molecule has 0 bridgehead atoms. The Hall–Kier alpha value is -4.07. The molecule has 0 fully saturated rings. The van der Waals surface area contributed by atoms with Crippen LogP contribution in [0, 0.1) is 6.92 Å². The monoisotopic (exact) mass is 407 g/mol. The number of hydrazone groups is 1. The van der Waals surface area contributed by atoms with E-state index in [-0.39, 0.29) is 5.56 Å². The summed E-state index contributed by atoms with van der Waals surface area (Å²) in [5.41, 5.74) is 4.74. The number of carboxylic acids is 1. The van der Waals surface area contributed by atoms with Crippen LogP contribution in [0.4, 0.5) is 10.5 Å². The van der Waals surface area contributed by atoms with Crippen LogP contribution < -0.4 is 15.5 Å². The minimum absolute atomic E-state index is 0.215. The van der Waals surface area contributed by atoms with E-state index in [1.54, 1.807) is 48.5 Å². The lowest BCUT2D eigenvalue weighted by Crippen LogP contribution is -2.24. The number of ether oxygens (including phenoxy) is 1. The topological polar surface area (TPSA) is 113 Å². The Kier molecular flexibility index (Phi) is 6.49. The molecule has 0 aliphatic rings. The van der Waals surface area contributed by atoms with E-state index in [0.717, 1.165) is 16.9 Å². The van der Waals surface area contributed by atoms with Crippen LogP contribution in [0.1, 0.15) is 28.6 Å². The van der Waals surface area contributed by atoms with Gasteiger partial charge >= 0.3 is 12.0 Å². The number of carbonyl (C=O) groups is 2. The summed E-state index contributed by atoms with van der Waals surface area (Å²) in [6.07, 6.45) is 1.38. The van der Waals surface area contributed by atoms with Crippen LogP contribution in [0.5, 0.6) is 5.75 Å². The van der Waals surface area contributed by atoms with Crippen LogP contribution in [-0.4, -0.2) is 29.9 Å². The highest BCUT2D eigenvalue weighted by Gasteiger charge is 2.10. The number of carboxylic acid groups (broad SMARTS) is 1. The normalized spacial score (nSPS) is 10.7. The number of carbonyl (C=O) groups excluding carboxylic acids is 1. The molecule has 0 spiro atoms. The molecule has 1 heterocycles. The van der Waals surface area contributed by atoms with E-state index in [9.17, 15) is 9.59 Å². The Bertz CT molecular complexity index is 1070. The van der Waals surface area contributed by atoms with E-state index in [1.807, 2.05) is 13.8 Å². The molecule has 2 aromatic carbocycles.